The van der Waals surface area contributed by atoms with Gasteiger partial charge in [-0.15, -0.1) is 0 Å². The summed E-state index contributed by atoms with van der Waals surface area (Å²) in [5.74, 6) is -9.00. The number of carbonyl (C=O) groups excluding carboxylic acids is 2. The summed E-state index contributed by atoms with van der Waals surface area (Å²) in [6.07, 6.45) is -3.02. The summed E-state index contributed by atoms with van der Waals surface area (Å²) in [5, 5.41) is 37.5. The molecule has 1 spiro atoms. The lowest BCUT2D eigenvalue weighted by molar-refractivity contribution is -0.388. The fraction of sp³-hybridized carbons (Fsp3) is 0.961. The summed E-state index contributed by atoms with van der Waals surface area (Å²) in [5.41, 5.74) is -2.20. The highest BCUT2D eigenvalue weighted by Crippen LogP contribution is 2.57. The molecule has 4 N–H and O–H groups in total. The summed E-state index contributed by atoms with van der Waals surface area (Å²) >= 11 is 0. The minimum absolute atomic E-state index is 0.0126. The number of aliphatic hydroxyl groups is 3. The van der Waals surface area contributed by atoms with Crippen molar-refractivity contribution in [1.82, 2.24) is 5.32 Å². The number of amides is 1. The van der Waals surface area contributed by atoms with E-state index in [0.29, 0.717) is 19.3 Å². The fourth-order valence-corrected chi connectivity index (χ4v) is 13.7. The third-order valence-corrected chi connectivity index (χ3v) is 18.2. The molecule has 410 valence electrons. The molecule has 7 heterocycles. The van der Waals surface area contributed by atoms with Gasteiger partial charge in [0.25, 0.3) is 5.91 Å². The van der Waals surface area contributed by atoms with Crippen molar-refractivity contribution < 1.29 is 91.2 Å². The van der Waals surface area contributed by atoms with Crippen molar-refractivity contribution in [2.75, 3.05) is 49.2 Å². The molecule has 7 rings (SSSR count). The van der Waals surface area contributed by atoms with Crippen molar-refractivity contribution in [3.63, 3.8) is 0 Å². The zero-order valence-electron chi connectivity index (χ0n) is 44.8. The van der Waals surface area contributed by atoms with E-state index in [1.807, 2.05) is 27.7 Å². The molecule has 7 aliphatic rings. The maximum Gasteiger partial charge on any atom is 0.325 e. The van der Waals surface area contributed by atoms with Crippen LogP contribution in [0.15, 0.2) is 0 Å². The van der Waals surface area contributed by atoms with Gasteiger partial charge in [-0.2, -0.15) is 0 Å². The maximum atomic E-state index is 13.2. The normalized spacial score (nSPS) is 50.8. The Morgan fingerprint density at radius 3 is 1.97 bits per heavy atom. The summed E-state index contributed by atoms with van der Waals surface area (Å²) in [6.45, 7) is 16.7. The Bertz CT molecular complexity index is 1810. The van der Waals surface area contributed by atoms with Crippen LogP contribution in [0.1, 0.15) is 114 Å². The number of rotatable bonds is 16. The molecule has 0 aromatic carbocycles. The molecule has 71 heavy (non-hydrogen) atoms. The Morgan fingerprint density at radius 1 is 0.704 bits per heavy atom. The summed E-state index contributed by atoms with van der Waals surface area (Å²) < 4.78 is 89.1. The smallest absolute Gasteiger partial charge is 0.325 e. The number of carbonyl (C=O) groups is 2. The highest BCUT2D eigenvalue weighted by Gasteiger charge is 2.70. The number of ether oxygens (including phenoxy) is 14. The van der Waals surface area contributed by atoms with Crippen LogP contribution in [-0.4, -0.2) is 197 Å². The second-order valence-electron chi connectivity index (χ2n) is 22.2. The molecule has 0 bridgehead atoms. The van der Waals surface area contributed by atoms with Crippen molar-refractivity contribution in [1.29, 1.82) is 0 Å². The molecule has 0 saturated carbocycles. The fourth-order valence-electron chi connectivity index (χ4n) is 13.7. The molecule has 0 aromatic rings. The Balaban J connectivity index is 1.06. The first kappa shape index (κ1) is 57.0. The number of methoxy groups -OCH3 is 6. The van der Waals surface area contributed by atoms with Crippen LogP contribution in [-0.2, 0) is 75.9 Å². The lowest BCUT2D eigenvalue weighted by atomic mass is 9.73. The Labute approximate surface area is 420 Å². The van der Waals surface area contributed by atoms with Gasteiger partial charge in [-0.3, -0.25) is 9.59 Å². The van der Waals surface area contributed by atoms with Crippen LogP contribution in [0.2, 0.25) is 0 Å². The second kappa shape index (κ2) is 22.1. The minimum atomic E-state index is -2.48. The Kier molecular flexibility index (Phi) is 17.8. The van der Waals surface area contributed by atoms with Crippen molar-refractivity contribution in [3.8, 4) is 0 Å². The lowest BCUT2D eigenvalue weighted by Gasteiger charge is -2.56. The molecule has 0 aromatic heterocycles. The molecular weight excluding hydrogens is 931 g/mol. The van der Waals surface area contributed by atoms with Gasteiger partial charge in [0.1, 0.15) is 17.7 Å². The van der Waals surface area contributed by atoms with E-state index in [1.54, 1.807) is 42.1 Å². The highest BCUT2D eigenvalue weighted by atomic mass is 16.7. The molecule has 20 nitrogen and oxygen atoms in total. The third kappa shape index (κ3) is 10.4. The van der Waals surface area contributed by atoms with Crippen molar-refractivity contribution >= 4 is 11.9 Å². The van der Waals surface area contributed by atoms with Gasteiger partial charge in [-0.1, -0.05) is 34.6 Å². The van der Waals surface area contributed by atoms with Crippen LogP contribution >= 0.6 is 0 Å². The van der Waals surface area contributed by atoms with Gasteiger partial charge >= 0.3 is 5.97 Å². The zero-order valence-corrected chi connectivity index (χ0v) is 44.8. The van der Waals surface area contributed by atoms with Gasteiger partial charge in [0.15, 0.2) is 24.0 Å². The zero-order chi connectivity index (χ0) is 52.2. The molecular formula is C51H87NO19. The van der Waals surface area contributed by atoms with Gasteiger partial charge in [0, 0.05) is 84.4 Å². The van der Waals surface area contributed by atoms with E-state index in [2.05, 4.69) is 23.9 Å². The number of esters is 1. The molecule has 7 saturated heterocycles. The molecule has 7 aliphatic heterocycles. The minimum Gasteiger partial charge on any atom is -0.468 e. The predicted molar refractivity (Wildman–Crippen MR) is 251 cm³/mol. The summed E-state index contributed by atoms with van der Waals surface area (Å²) in [4.78, 5) is 25.0. The maximum absolute atomic E-state index is 13.2. The molecule has 0 radical (unpaired) electrons. The molecule has 0 aliphatic carbocycles. The van der Waals surface area contributed by atoms with Gasteiger partial charge in [-0.05, 0) is 59.8 Å². The van der Waals surface area contributed by atoms with E-state index < -0.39 is 102 Å². The topological polar surface area (TPSA) is 236 Å². The molecule has 1 amide bonds. The van der Waals surface area contributed by atoms with Crippen molar-refractivity contribution in [3.05, 3.63) is 0 Å². The summed E-state index contributed by atoms with van der Waals surface area (Å²) in [6, 6.07) is 0. The summed E-state index contributed by atoms with van der Waals surface area (Å²) in [7, 11) is 9.17. The van der Waals surface area contributed by atoms with Crippen molar-refractivity contribution in [2.45, 2.75) is 234 Å². The Morgan fingerprint density at radius 2 is 1.35 bits per heavy atom. The van der Waals surface area contributed by atoms with E-state index in [1.165, 1.54) is 21.3 Å². The van der Waals surface area contributed by atoms with E-state index in [4.69, 9.17) is 61.6 Å². The van der Waals surface area contributed by atoms with E-state index in [-0.39, 0.29) is 72.8 Å². The van der Waals surface area contributed by atoms with Crippen LogP contribution in [0, 0.1) is 29.6 Å². The molecule has 25 atom stereocenters. The Hall–Kier alpha value is -1.70. The quantitative estimate of drug-likeness (QED) is 0.163. The first-order valence-electron chi connectivity index (χ1n) is 25.9. The van der Waals surface area contributed by atoms with Crippen LogP contribution < -0.4 is 5.32 Å². The lowest BCUT2D eigenvalue weighted by Crippen LogP contribution is -2.72. The van der Waals surface area contributed by atoms with Crippen molar-refractivity contribution in [2.24, 2.45) is 29.6 Å². The monoisotopic (exact) mass is 1020 g/mol. The van der Waals surface area contributed by atoms with E-state index in [0.717, 1.165) is 25.7 Å². The van der Waals surface area contributed by atoms with Crippen LogP contribution in [0.5, 0.6) is 0 Å². The highest BCUT2D eigenvalue weighted by molar-refractivity contribution is 5.85. The van der Waals surface area contributed by atoms with E-state index >= 15 is 0 Å². The number of aliphatic hydroxyl groups excluding tert-OH is 1. The average Bonchev–Trinajstić information content (AvgIpc) is 4.09. The standard InChI is InChI=1S/C51H87NO19/c1-25-41(67-40-21-19-32(58-10)30(6)64-40)27(3)49(9,56)70-42(25)35-17-16-33(65-35)34-18-20-37(66-34)48(8)45(62-14)29(5)51(71-48)26(2)36(59-11)22-31(68-51)23-38-47(7,63-15)44(61-13)28(4)50(57,69-38)43(54)46(55)52-24-39(53)60-12/h25-38,40-45,54,56-57H,16-24H2,1-15H3,(H,52,55)/t25-,26+,27+,28-,29+,30+,31-,32-,33+,34-,35+,36+,37+,38-,40-,41-,42-,43-,44-,45+,47-,48+,49-,50-,51-/m0/s1. The van der Waals surface area contributed by atoms with Crippen LogP contribution in [0.4, 0.5) is 0 Å². The second-order valence-corrected chi connectivity index (χ2v) is 22.2. The van der Waals surface area contributed by atoms with E-state index in [9.17, 15) is 24.9 Å². The van der Waals surface area contributed by atoms with Crippen LogP contribution in [0.3, 0.4) is 0 Å². The molecule has 7 fully saturated rings. The van der Waals surface area contributed by atoms with Gasteiger partial charge in [0.05, 0.1) is 86.5 Å². The van der Waals surface area contributed by atoms with Gasteiger partial charge < -0.3 is 87.0 Å². The SMILES string of the molecule is COC(=O)CNC(=O)[C@H](O)[C@@]1(O)O[C@@H](C[C@@H]2C[C@@H](OC)[C@@H](C)[C@]3(O2)O[C@](C)([C@H]2CC[C@@H]([C@H]4CC[C@H]([C@H]5O[C@](C)(O)[C@H](C)[C@@H](O[C@H]6CC[C@H](OC)[C@@H](C)O6)[C@@H]5C)O4)O2)[C@H](OC)[C@H]3C)[C@](C)(OC)[C@@H](OC)[C@@H]1C. The van der Waals surface area contributed by atoms with Gasteiger partial charge in [-0.25, -0.2) is 0 Å². The van der Waals surface area contributed by atoms with Crippen LogP contribution in [0.25, 0.3) is 0 Å². The first-order chi connectivity index (χ1) is 33.4. The number of hydrogen-bond acceptors (Lipinski definition) is 19. The van der Waals surface area contributed by atoms with Gasteiger partial charge in [0.2, 0.25) is 5.79 Å². The predicted octanol–water partition coefficient (Wildman–Crippen LogP) is 3.15. The molecule has 0 unspecified atom stereocenters. The first-order valence-corrected chi connectivity index (χ1v) is 25.9. The number of nitrogens with one attached hydrogen (secondary N) is 1. The largest absolute Gasteiger partial charge is 0.468 e. The number of hydrogen-bond donors (Lipinski definition) is 4. The third-order valence-electron chi connectivity index (χ3n) is 18.2. The molecule has 20 heteroatoms. The average molecular weight is 1020 g/mol.